The molecule has 0 spiro atoms. The smallest absolute Gasteiger partial charge is 0.119 e. The van der Waals surface area contributed by atoms with Gasteiger partial charge in [-0.15, -0.1) is 0 Å². The van der Waals surface area contributed by atoms with Crippen LogP contribution in [0.25, 0.3) is 0 Å². The fourth-order valence-electron chi connectivity index (χ4n) is 3.07. The van der Waals surface area contributed by atoms with Gasteiger partial charge in [0, 0.05) is 30.9 Å². The van der Waals surface area contributed by atoms with E-state index in [1.165, 1.54) is 17.7 Å². The summed E-state index contributed by atoms with van der Waals surface area (Å²) >= 11 is 0. The summed E-state index contributed by atoms with van der Waals surface area (Å²) in [6.07, 6.45) is 1.23. The zero-order valence-electron chi connectivity index (χ0n) is 13.4. The Kier molecular flexibility index (Phi) is 4.92. The monoisotopic (exact) mass is 276 g/mol. The van der Waals surface area contributed by atoms with Crippen molar-refractivity contribution in [3.63, 3.8) is 0 Å². The van der Waals surface area contributed by atoms with Crippen LogP contribution in [0.15, 0.2) is 18.2 Å². The van der Waals surface area contributed by atoms with Gasteiger partial charge in [0.05, 0.1) is 7.11 Å². The van der Waals surface area contributed by atoms with Gasteiger partial charge in [-0.2, -0.15) is 0 Å². The molecule has 1 aliphatic heterocycles. The topological polar surface area (TPSA) is 24.5 Å². The first-order valence-corrected chi connectivity index (χ1v) is 7.66. The number of piperazine rings is 1. The van der Waals surface area contributed by atoms with Crippen molar-refractivity contribution >= 4 is 5.69 Å². The highest BCUT2D eigenvalue weighted by Crippen LogP contribution is 2.28. The van der Waals surface area contributed by atoms with Gasteiger partial charge in [0.1, 0.15) is 5.75 Å². The third kappa shape index (κ3) is 3.45. The molecule has 0 saturated carbocycles. The number of methoxy groups -OCH3 is 1. The normalized spacial score (nSPS) is 23.2. The molecule has 20 heavy (non-hydrogen) atoms. The second-order valence-electron chi connectivity index (χ2n) is 6.39. The van der Waals surface area contributed by atoms with E-state index in [9.17, 15) is 0 Å². The third-order valence-corrected chi connectivity index (χ3v) is 4.12. The van der Waals surface area contributed by atoms with Gasteiger partial charge >= 0.3 is 0 Å². The maximum absolute atomic E-state index is 5.31. The van der Waals surface area contributed by atoms with Crippen LogP contribution >= 0.6 is 0 Å². The Bertz CT molecular complexity index is 445. The van der Waals surface area contributed by atoms with E-state index < -0.39 is 0 Å². The SMILES string of the molecule is COc1ccc(N2CC(CC(C)C)NCC2C)c(C)c1. The van der Waals surface area contributed by atoms with Gasteiger partial charge in [-0.25, -0.2) is 0 Å². The van der Waals surface area contributed by atoms with Gasteiger partial charge in [-0.3, -0.25) is 0 Å². The van der Waals surface area contributed by atoms with Gasteiger partial charge in [-0.1, -0.05) is 13.8 Å². The second-order valence-corrected chi connectivity index (χ2v) is 6.39. The van der Waals surface area contributed by atoms with Crippen LogP contribution in [0.2, 0.25) is 0 Å². The fraction of sp³-hybridized carbons (Fsp3) is 0.647. The number of hydrogen-bond donors (Lipinski definition) is 1. The van der Waals surface area contributed by atoms with Crippen LogP contribution in [0.3, 0.4) is 0 Å². The first-order chi connectivity index (χ1) is 9.51. The standard InChI is InChI=1S/C17H28N2O/c1-12(2)8-15-11-19(14(4)10-18-15)17-7-6-16(20-5)9-13(17)3/h6-7,9,12,14-15,18H,8,10-11H2,1-5H3. The molecule has 1 heterocycles. The summed E-state index contributed by atoms with van der Waals surface area (Å²) in [5.74, 6) is 1.67. The quantitative estimate of drug-likeness (QED) is 0.914. The van der Waals surface area contributed by atoms with E-state index in [1.54, 1.807) is 7.11 Å². The van der Waals surface area contributed by atoms with Crippen LogP contribution in [0.1, 0.15) is 32.8 Å². The molecule has 2 atom stereocenters. The molecule has 1 aliphatic rings. The van der Waals surface area contributed by atoms with Crippen molar-refractivity contribution < 1.29 is 4.74 Å². The third-order valence-electron chi connectivity index (χ3n) is 4.12. The number of anilines is 1. The molecule has 2 rings (SSSR count). The molecule has 0 aliphatic carbocycles. The molecule has 1 N–H and O–H groups in total. The molecule has 2 unspecified atom stereocenters. The van der Waals surface area contributed by atoms with E-state index in [-0.39, 0.29) is 0 Å². The van der Waals surface area contributed by atoms with Gasteiger partial charge < -0.3 is 15.0 Å². The number of aryl methyl sites for hydroxylation is 1. The summed E-state index contributed by atoms with van der Waals surface area (Å²) in [6.45, 7) is 11.2. The molecule has 1 fully saturated rings. The molecule has 112 valence electrons. The van der Waals surface area contributed by atoms with E-state index in [1.807, 2.05) is 0 Å². The van der Waals surface area contributed by atoms with E-state index in [2.05, 4.69) is 56.1 Å². The summed E-state index contributed by atoms with van der Waals surface area (Å²) in [7, 11) is 1.72. The van der Waals surface area contributed by atoms with E-state index in [0.29, 0.717) is 12.1 Å². The van der Waals surface area contributed by atoms with Crippen LogP contribution in [-0.4, -0.2) is 32.3 Å². The van der Waals surface area contributed by atoms with E-state index >= 15 is 0 Å². The first-order valence-electron chi connectivity index (χ1n) is 7.66. The lowest BCUT2D eigenvalue weighted by atomic mass is 9.99. The number of benzene rings is 1. The van der Waals surface area contributed by atoms with Crippen molar-refractivity contribution in [3.8, 4) is 5.75 Å². The molecule has 1 saturated heterocycles. The van der Waals surface area contributed by atoms with Crippen molar-refractivity contribution in [3.05, 3.63) is 23.8 Å². The van der Waals surface area contributed by atoms with Crippen molar-refractivity contribution in [2.45, 2.75) is 46.2 Å². The van der Waals surface area contributed by atoms with Crippen LogP contribution < -0.4 is 15.0 Å². The van der Waals surface area contributed by atoms with E-state index in [0.717, 1.165) is 24.8 Å². The second kappa shape index (κ2) is 6.49. The minimum atomic E-state index is 0.533. The number of rotatable bonds is 4. The van der Waals surface area contributed by atoms with Gasteiger partial charge in [-0.05, 0) is 49.9 Å². The van der Waals surface area contributed by atoms with Gasteiger partial charge in [0.15, 0.2) is 0 Å². The van der Waals surface area contributed by atoms with E-state index in [4.69, 9.17) is 4.74 Å². The Hall–Kier alpha value is -1.22. The molecule has 3 heteroatoms. The lowest BCUT2D eigenvalue weighted by Gasteiger charge is -2.41. The Morgan fingerprint density at radius 3 is 2.75 bits per heavy atom. The van der Waals surface area contributed by atoms with Gasteiger partial charge in [0.25, 0.3) is 0 Å². The highest BCUT2D eigenvalue weighted by Gasteiger charge is 2.26. The fourth-order valence-corrected chi connectivity index (χ4v) is 3.07. The van der Waals surface area contributed by atoms with Crippen LogP contribution in [0.4, 0.5) is 5.69 Å². The van der Waals surface area contributed by atoms with Crippen LogP contribution in [0, 0.1) is 12.8 Å². The summed E-state index contributed by atoms with van der Waals surface area (Å²) in [6, 6.07) is 7.51. The molecule has 3 nitrogen and oxygen atoms in total. The van der Waals surface area contributed by atoms with Crippen molar-refractivity contribution in [2.24, 2.45) is 5.92 Å². The van der Waals surface area contributed by atoms with Crippen LogP contribution in [-0.2, 0) is 0 Å². The largest absolute Gasteiger partial charge is 0.497 e. The lowest BCUT2D eigenvalue weighted by molar-refractivity contribution is 0.355. The number of ether oxygens (including phenoxy) is 1. The molecule has 1 aromatic rings. The molecule has 0 aromatic heterocycles. The Balaban J connectivity index is 2.16. The van der Waals surface area contributed by atoms with Gasteiger partial charge in [0.2, 0.25) is 0 Å². The summed E-state index contributed by atoms with van der Waals surface area (Å²) in [5, 5.41) is 3.68. The molecule has 1 aromatic carbocycles. The maximum Gasteiger partial charge on any atom is 0.119 e. The number of hydrogen-bond acceptors (Lipinski definition) is 3. The molecule has 0 bridgehead atoms. The maximum atomic E-state index is 5.31. The highest BCUT2D eigenvalue weighted by molar-refractivity contribution is 5.57. The number of nitrogens with zero attached hydrogens (tertiary/aromatic N) is 1. The Labute approximate surface area is 123 Å². The highest BCUT2D eigenvalue weighted by atomic mass is 16.5. The molecule has 0 amide bonds. The van der Waals surface area contributed by atoms with Crippen molar-refractivity contribution in [1.29, 1.82) is 0 Å². The number of nitrogens with one attached hydrogen (secondary N) is 1. The predicted octanol–water partition coefficient (Wildman–Crippen LogP) is 3.22. The average Bonchev–Trinajstić information content (AvgIpc) is 2.40. The zero-order chi connectivity index (χ0) is 14.7. The Morgan fingerprint density at radius 2 is 2.15 bits per heavy atom. The predicted molar refractivity (Wildman–Crippen MR) is 85.8 cm³/mol. The first kappa shape index (κ1) is 15.2. The summed E-state index contributed by atoms with van der Waals surface area (Å²) in [5.41, 5.74) is 2.63. The molecular formula is C17H28N2O. The Morgan fingerprint density at radius 1 is 1.40 bits per heavy atom. The molecular weight excluding hydrogens is 248 g/mol. The molecule has 0 radical (unpaired) electrons. The summed E-state index contributed by atoms with van der Waals surface area (Å²) < 4.78 is 5.31. The zero-order valence-corrected chi connectivity index (χ0v) is 13.4. The van der Waals surface area contributed by atoms with Crippen molar-refractivity contribution in [1.82, 2.24) is 5.32 Å². The lowest BCUT2D eigenvalue weighted by Crippen LogP contribution is -2.56. The average molecular weight is 276 g/mol. The summed E-state index contributed by atoms with van der Waals surface area (Å²) in [4.78, 5) is 2.54. The van der Waals surface area contributed by atoms with Crippen LogP contribution in [0.5, 0.6) is 5.75 Å². The van der Waals surface area contributed by atoms with Crippen molar-refractivity contribution in [2.75, 3.05) is 25.1 Å². The minimum absolute atomic E-state index is 0.533. The minimum Gasteiger partial charge on any atom is -0.497 e.